The van der Waals surface area contributed by atoms with Crippen molar-refractivity contribution in [2.24, 2.45) is 5.41 Å². The molecule has 3 N–H and O–H groups in total. The van der Waals surface area contributed by atoms with Gasteiger partial charge >= 0.3 is 5.97 Å². The Morgan fingerprint density at radius 1 is 0.793 bits per heavy atom. The number of aliphatic hydroxyl groups is 3. The van der Waals surface area contributed by atoms with E-state index >= 15 is 0 Å². The molecule has 5 atom stereocenters. The number of ketones is 1. The number of hydrogen-bond donors (Lipinski definition) is 3. The molecule has 2 rings (SSSR count). The van der Waals surface area contributed by atoms with E-state index in [1.165, 1.54) is 5.57 Å². The maximum Gasteiger partial charge on any atom is 0.305 e. The maximum absolute atomic E-state index is 12.2. The molecule has 320 valence electrons. The van der Waals surface area contributed by atoms with Gasteiger partial charge in [0.1, 0.15) is 31.0 Å². The summed E-state index contributed by atoms with van der Waals surface area (Å²) >= 11 is 0. The maximum atomic E-state index is 12.2. The van der Waals surface area contributed by atoms with Crippen molar-refractivity contribution < 1.29 is 39.1 Å². The van der Waals surface area contributed by atoms with Crippen LogP contribution in [-0.2, 0) is 23.8 Å². The average Bonchev–Trinajstić information content (AvgIpc) is 3.14. The lowest BCUT2D eigenvalue weighted by atomic mass is 9.72. The largest absolute Gasteiger partial charge is 0.463 e. The summed E-state index contributed by atoms with van der Waals surface area (Å²) < 4.78 is 17.0. The summed E-state index contributed by atoms with van der Waals surface area (Å²) in [5, 5.41) is 31.3. The molecule has 0 spiro atoms. The van der Waals surface area contributed by atoms with E-state index < -0.39 is 42.3 Å². The highest BCUT2D eigenvalue weighted by molar-refractivity contribution is 5.97. The molecule has 0 aromatic rings. The number of rotatable bonds is 20. The Labute approximate surface area is 349 Å². The van der Waals surface area contributed by atoms with Crippen LogP contribution in [0.15, 0.2) is 130 Å². The van der Waals surface area contributed by atoms with Crippen LogP contribution in [0.2, 0.25) is 0 Å². The minimum atomic E-state index is -1.49. The number of carbonyl (C=O) groups is 2. The van der Waals surface area contributed by atoms with Crippen molar-refractivity contribution in [3.8, 4) is 0 Å². The van der Waals surface area contributed by atoms with Crippen molar-refractivity contribution in [3.63, 3.8) is 0 Å². The van der Waals surface area contributed by atoms with Gasteiger partial charge in [-0.15, -0.1) is 0 Å². The Hall–Kier alpha value is -3.92. The molecule has 1 fully saturated rings. The van der Waals surface area contributed by atoms with E-state index in [4.69, 9.17) is 14.2 Å². The van der Waals surface area contributed by atoms with E-state index in [2.05, 4.69) is 115 Å². The third-order valence-corrected chi connectivity index (χ3v) is 10.4. The second kappa shape index (κ2) is 24.9. The van der Waals surface area contributed by atoms with E-state index in [1.807, 2.05) is 52.0 Å². The van der Waals surface area contributed by atoms with Crippen molar-refractivity contribution in [1.82, 2.24) is 0 Å². The Kier molecular flexibility index (Phi) is 21.5. The van der Waals surface area contributed by atoms with Crippen LogP contribution in [0.3, 0.4) is 0 Å². The number of hydrogen-bond acceptors (Lipinski definition) is 8. The van der Waals surface area contributed by atoms with Gasteiger partial charge in [0, 0.05) is 12.8 Å². The first-order valence-corrected chi connectivity index (χ1v) is 20.8. The summed E-state index contributed by atoms with van der Waals surface area (Å²) in [6.45, 7) is 22.1. The molecular formula is C50H72O8. The van der Waals surface area contributed by atoms with Crippen LogP contribution < -0.4 is 0 Å². The summed E-state index contributed by atoms with van der Waals surface area (Å²) in [6.07, 6.45) is 29.3. The number of allylic oxidation sites excluding steroid dienone is 22. The van der Waals surface area contributed by atoms with Crippen LogP contribution >= 0.6 is 0 Å². The lowest BCUT2D eigenvalue weighted by molar-refractivity contribution is -0.324. The van der Waals surface area contributed by atoms with Crippen molar-refractivity contribution in [3.05, 3.63) is 130 Å². The van der Waals surface area contributed by atoms with Crippen LogP contribution in [0.5, 0.6) is 0 Å². The number of carbonyl (C=O) groups excluding carboxylic acids is 2. The lowest BCUT2D eigenvalue weighted by Crippen LogP contribution is -2.60. The van der Waals surface area contributed by atoms with Gasteiger partial charge in [0.05, 0.1) is 5.60 Å². The molecule has 0 saturated carbocycles. The van der Waals surface area contributed by atoms with Crippen molar-refractivity contribution in [1.29, 1.82) is 0 Å². The molecule has 8 heteroatoms. The molecule has 1 saturated heterocycles. The highest BCUT2D eigenvalue weighted by atomic mass is 16.7. The molecule has 0 bridgehead atoms. The summed E-state index contributed by atoms with van der Waals surface area (Å²) in [5.74, 6) is -0.156. The first-order chi connectivity index (χ1) is 27.3. The summed E-state index contributed by atoms with van der Waals surface area (Å²) in [5.41, 5.74) is 7.12. The van der Waals surface area contributed by atoms with Gasteiger partial charge in [-0.05, 0) is 104 Å². The molecule has 8 nitrogen and oxygen atoms in total. The van der Waals surface area contributed by atoms with Gasteiger partial charge in [0.2, 0.25) is 0 Å². The topological polar surface area (TPSA) is 123 Å². The first-order valence-electron chi connectivity index (χ1n) is 20.8. The standard InChI is InChI=1S/C50H72O8/c1-12-19-44(52)56-34-43-45(53)46(54)47(55)48(57-43)58-50(10,11)32-18-28-38(5)26-16-25-37(4)24-15-22-35(2)20-13-14-21-36(3)23-17-27-39(6)29-30-41-40(7)42(51)31-33-49(41,8)9/h13-17,20-27,29-30,43,45-48,53-55H,12,18-19,28,31-34H2,1-11H3. The van der Waals surface area contributed by atoms with Crippen LogP contribution in [0.1, 0.15) is 121 Å². The molecule has 1 aliphatic heterocycles. The SMILES string of the molecule is CCCC(=O)OCC1OC(OC(C)(C)CCCC(C)=CC=CC(C)=CC=CC(C)=CC=CC=C(C)C=CC=C(C)C=CC2=C(C)C(=O)CCC2(C)C)C(O)C(O)C1O. The lowest BCUT2D eigenvalue weighted by Gasteiger charge is -2.42. The van der Waals surface area contributed by atoms with Gasteiger partial charge < -0.3 is 29.5 Å². The molecule has 58 heavy (non-hydrogen) atoms. The predicted molar refractivity (Wildman–Crippen MR) is 237 cm³/mol. The Morgan fingerprint density at radius 3 is 1.90 bits per heavy atom. The zero-order valence-electron chi connectivity index (χ0n) is 37.1. The van der Waals surface area contributed by atoms with Crippen LogP contribution in [-0.4, -0.2) is 70.0 Å². The third kappa shape index (κ3) is 18.3. The zero-order chi connectivity index (χ0) is 43.5. The Balaban J connectivity index is 1.81. The molecule has 0 aromatic carbocycles. The van der Waals surface area contributed by atoms with Crippen LogP contribution in [0.25, 0.3) is 0 Å². The van der Waals surface area contributed by atoms with E-state index in [0.717, 1.165) is 52.7 Å². The van der Waals surface area contributed by atoms with Crippen molar-refractivity contribution in [2.75, 3.05) is 6.61 Å². The second-order valence-electron chi connectivity index (χ2n) is 17.0. The summed E-state index contributed by atoms with van der Waals surface area (Å²) in [6, 6.07) is 0. The first kappa shape index (κ1) is 50.2. The van der Waals surface area contributed by atoms with Gasteiger partial charge in [-0.25, -0.2) is 0 Å². The summed E-state index contributed by atoms with van der Waals surface area (Å²) in [7, 11) is 0. The number of aliphatic hydroxyl groups excluding tert-OH is 3. The monoisotopic (exact) mass is 801 g/mol. The smallest absolute Gasteiger partial charge is 0.305 e. The van der Waals surface area contributed by atoms with E-state index in [-0.39, 0.29) is 24.2 Å². The number of ether oxygens (including phenoxy) is 3. The van der Waals surface area contributed by atoms with E-state index in [9.17, 15) is 24.9 Å². The molecule has 1 heterocycles. The Bertz CT molecular complexity index is 1720. The van der Waals surface area contributed by atoms with E-state index in [0.29, 0.717) is 19.3 Å². The summed E-state index contributed by atoms with van der Waals surface area (Å²) in [4.78, 5) is 24.0. The minimum absolute atomic E-state index is 0.0209. The average molecular weight is 801 g/mol. The van der Waals surface area contributed by atoms with Crippen molar-refractivity contribution in [2.45, 2.75) is 157 Å². The molecule has 0 radical (unpaired) electrons. The van der Waals surface area contributed by atoms with Gasteiger partial charge in [0.25, 0.3) is 0 Å². The van der Waals surface area contributed by atoms with Crippen LogP contribution in [0, 0.1) is 5.41 Å². The van der Waals surface area contributed by atoms with Gasteiger partial charge in [-0.1, -0.05) is 140 Å². The Morgan fingerprint density at radius 2 is 1.33 bits per heavy atom. The molecule has 0 aromatic heterocycles. The molecule has 5 unspecified atom stereocenters. The van der Waals surface area contributed by atoms with Crippen molar-refractivity contribution >= 4 is 11.8 Å². The molecule has 0 amide bonds. The van der Waals surface area contributed by atoms with Gasteiger partial charge in [-0.3, -0.25) is 9.59 Å². The fourth-order valence-corrected chi connectivity index (χ4v) is 6.53. The fourth-order valence-electron chi connectivity index (χ4n) is 6.53. The second-order valence-corrected chi connectivity index (χ2v) is 17.0. The predicted octanol–water partition coefficient (Wildman–Crippen LogP) is 10.3. The van der Waals surface area contributed by atoms with E-state index in [1.54, 1.807) is 0 Å². The quantitative estimate of drug-likeness (QED) is 0.0822. The minimum Gasteiger partial charge on any atom is -0.463 e. The highest BCUT2D eigenvalue weighted by Crippen LogP contribution is 2.39. The zero-order valence-corrected chi connectivity index (χ0v) is 37.1. The third-order valence-electron chi connectivity index (χ3n) is 10.4. The number of Topliss-reactive ketones (excluding diaryl/α,β-unsaturated/α-hetero) is 1. The highest BCUT2D eigenvalue weighted by Gasteiger charge is 2.46. The molecule has 1 aliphatic carbocycles. The molecular weight excluding hydrogens is 729 g/mol. The number of esters is 1. The van der Waals surface area contributed by atoms with Gasteiger partial charge in [0.15, 0.2) is 12.1 Å². The van der Waals surface area contributed by atoms with Crippen LogP contribution in [0.4, 0.5) is 0 Å². The molecule has 2 aliphatic rings. The van der Waals surface area contributed by atoms with Gasteiger partial charge in [-0.2, -0.15) is 0 Å². The fraction of sp³-hybridized carbons (Fsp3) is 0.520. The normalized spacial score (nSPS) is 24.8.